The lowest BCUT2D eigenvalue weighted by molar-refractivity contribution is -0.144. The Kier molecular flexibility index (Phi) is 7.30. The van der Waals surface area contributed by atoms with Crippen molar-refractivity contribution in [2.75, 3.05) is 51.2 Å². The lowest BCUT2D eigenvalue weighted by atomic mass is 10.0. The van der Waals surface area contributed by atoms with Crippen LogP contribution >= 0.6 is 0 Å². The van der Waals surface area contributed by atoms with Crippen molar-refractivity contribution in [1.29, 1.82) is 0 Å². The number of rotatable bonds is 8. The molecule has 1 heterocycles. The number of nitrogens with zero attached hydrogens (tertiary/aromatic N) is 2. The Balaban J connectivity index is 1.85. The van der Waals surface area contributed by atoms with E-state index in [0.29, 0.717) is 19.6 Å². The first kappa shape index (κ1) is 19.3. The summed E-state index contributed by atoms with van der Waals surface area (Å²) < 4.78 is 13.6. The molecule has 138 valence electrons. The van der Waals surface area contributed by atoms with E-state index < -0.39 is 23.6 Å². The molecule has 1 atom stereocenters. The van der Waals surface area contributed by atoms with Crippen LogP contribution in [0.1, 0.15) is 6.42 Å². The number of halogens is 1. The minimum atomic E-state index is -1.04. The summed E-state index contributed by atoms with van der Waals surface area (Å²) in [4.78, 5) is 27.6. The van der Waals surface area contributed by atoms with Crippen LogP contribution in [-0.2, 0) is 9.59 Å². The predicted molar refractivity (Wildman–Crippen MR) is 90.7 cm³/mol. The molecule has 1 saturated heterocycles. The Morgan fingerprint density at radius 3 is 2.40 bits per heavy atom. The molecule has 1 fully saturated rings. The number of hydrogen-bond donors (Lipinski definition) is 3. The zero-order chi connectivity index (χ0) is 18.2. The SMILES string of the molecule is O=C(CC(CN1CCN(CCO)CC1)C(=O)O)Nc1ccccc1F. The van der Waals surface area contributed by atoms with E-state index in [2.05, 4.69) is 10.2 Å². The van der Waals surface area contributed by atoms with Gasteiger partial charge >= 0.3 is 5.97 Å². The number of aliphatic carboxylic acids is 1. The molecule has 3 N–H and O–H groups in total. The molecule has 7 nitrogen and oxygen atoms in total. The van der Waals surface area contributed by atoms with Gasteiger partial charge in [0.2, 0.25) is 5.91 Å². The van der Waals surface area contributed by atoms with Gasteiger partial charge < -0.3 is 15.5 Å². The molecule has 2 rings (SSSR count). The van der Waals surface area contributed by atoms with Crippen molar-refractivity contribution in [2.45, 2.75) is 6.42 Å². The minimum absolute atomic E-state index is 0.0502. The van der Waals surface area contributed by atoms with Gasteiger partial charge in [-0.1, -0.05) is 12.1 Å². The Labute approximate surface area is 146 Å². The van der Waals surface area contributed by atoms with E-state index in [9.17, 15) is 19.1 Å². The first-order chi connectivity index (χ1) is 12.0. The van der Waals surface area contributed by atoms with Gasteiger partial charge in [-0.05, 0) is 12.1 Å². The summed E-state index contributed by atoms with van der Waals surface area (Å²) in [5.74, 6) is -2.96. The molecule has 1 unspecified atom stereocenters. The van der Waals surface area contributed by atoms with E-state index >= 15 is 0 Å². The van der Waals surface area contributed by atoms with Crippen LogP contribution < -0.4 is 5.32 Å². The highest BCUT2D eigenvalue weighted by atomic mass is 19.1. The third kappa shape index (κ3) is 6.08. The highest BCUT2D eigenvalue weighted by molar-refractivity contribution is 5.93. The van der Waals surface area contributed by atoms with Crippen LogP contribution in [0.15, 0.2) is 24.3 Å². The molecule has 0 aromatic heterocycles. The average molecular weight is 353 g/mol. The second kappa shape index (κ2) is 9.45. The molecular formula is C17H24FN3O4. The number of para-hydroxylation sites is 1. The summed E-state index contributed by atoms with van der Waals surface area (Å²) in [5, 5.41) is 20.7. The van der Waals surface area contributed by atoms with Gasteiger partial charge in [0.15, 0.2) is 0 Å². The molecular weight excluding hydrogens is 329 g/mol. The number of anilines is 1. The molecule has 8 heteroatoms. The minimum Gasteiger partial charge on any atom is -0.481 e. The van der Waals surface area contributed by atoms with Gasteiger partial charge in [0.1, 0.15) is 5.82 Å². The van der Waals surface area contributed by atoms with Crippen molar-refractivity contribution in [3.8, 4) is 0 Å². The van der Waals surface area contributed by atoms with Crippen LogP contribution in [0, 0.1) is 11.7 Å². The summed E-state index contributed by atoms with van der Waals surface area (Å²) >= 11 is 0. The number of aliphatic hydroxyl groups excluding tert-OH is 1. The summed E-state index contributed by atoms with van der Waals surface area (Å²) in [5.41, 5.74) is 0.0502. The lowest BCUT2D eigenvalue weighted by Crippen LogP contribution is -2.49. The third-order valence-corrected chi connectivity index (χ3v) is 4.29. The monoisotopic (exact) mass is 353 g/mol. The second-order valence-corrected chi connectivity index (χ2v) is 6.13. The summed E-state index contributed by atoms with van der Waals surface area (Å²) in [6, 6.07) is 5.78. The van der Waals surface area contributed by atoms with Gasteiger partial charge in [-0.3, -0.25) is 19.4 Å². The van der Waals surface area contributed by atoms with Crippen molar-refractivity contribution in [3.63, 3.8) is 0 Å². The molecule has 0 radical (unpaired) electrons. The Bertz CT molecular complexity index is 591. The molecule has 0 aliphatic carbocycles. The maximum atomic E-state index is 13.6. The normalized spacial score (nSPS) is 17.2. The fraction of sp³-hybridized carbons (Fsp3) is 0.529. The fourth-order valence-corrected chi connectivity index (χ4v) is 2.87. The van der Waals surface area contributed by atoms with Crippen LogP contribution in [0.5, 0.6) is 0 Å². The second-order valence-electron chi connectivity index (χ2n) is 6.13. The van der Waals surface area contributed by atoms with E-state index in [1.54, 1.807) is 6.07 Å². The van der Waals surface area contributed by atoms with Gasteiger partial charge in [0.25, 0.3) is 0 Å². The Morgan fingerprint density at radius 2 is 1.80 bits per heavy atom. The molecule has 1 aliphatic heterocycles. The highest BCUT2D eigenvalue weighted by Crippen LogP contribution is 2.15. The maximum Gasteiger partial charge on any atom is 0.308 e. The lowest BCUT2D eigenvalue weighted by Gasteiger charge is -2.35. The zero-order valence-corrected chi connectivity index (χ0v) is 14.0. The summed E-state index contributed by atoms with van der Waals surface area (Å²) in [6.07, 6.45) is -0.208. The number of piperazine rings is 1. The molecule has 1 aliphatic rings. The number of benzene rings is 1. The number of aliphatic hydroxyl groups is 1. The van der Waals surface area contributed by atoms with Crippen molar-refractivity contribution in [2.24, 2.45) is 5.92 Å². The van der Waals surface area contributed by atoms with Crippen molar-refractivity contribution < 1.29 is 24.2 Å². The molecule has 25 heavy (non-hydrogen) atoms. The topological polar surface area (TPSA) is 93.1 Å². The zero-order valence-electron chi connectivity index (χ0n) is 14.0. The number of carbonyl (C=O) groups is 2. The summed E-state index contributed by atoms with van der Waals surface area (Å²) in [6.45, 7) is 3.89. The number of amides is 1. The number of carbonyl (C=O) groups excluding carboxylic acids is 1. The number of carboxylic acids is 1. The van der Waals surface area contributed by atoms with Crippen molar-refractivity contribution >= 4 is 17.6 Å². The first-order valence-corrected chi connectivity index (χ1v) is 8.32. The van der Waals surface area contributed by atoms with Gasteiger partial charge in [-0.2, -0.15) is 0 Å². The van der Waals surface area contributed by atoms with Crippen LogP contribution in [-0.4, -0.2) is 77.8 Å². The Hall–Kier alpha value is -2.03. The maximum absolute atomic E-state index is 13.6. The van der Waals surface area contributed by atoms with Crippen LogP contribution in [0.3, 0.4) is 0 Å². The third-order valence-electron chi connectivity index (χ3n) is 4.29. The number of hydrogen-bond acceptors (Lipinski definition) is 5. The highest BCUT2D eigenvalue weighted by Gasteiger charge is 2.26. The number of β-amino-alcohol motifs (C(OH)–C–C–N with tert-alkyl or cyclic N) is 1. The van der Waals surface area contributed by atoms with E-state index in [1.807, 2.05) is 4.90 Å². The predicted octanol–water partition coefficient (Wildman–Crippen LogP) is 0.465. The molecule has 1 amide bonds. The molecule has 0 bridgehead atoms. The van der Waals surface area contributed by atoms with Crippen molar-refractivity contribution in [3.05, 3.63) is 30.1 Å². The molecule has 1 aromatic carbocycles. The molecule has 0 spiro atoms. The van der Waals surface area contributed by atoms with Gasteiger partial charge in [-0.25, -0.2) is 4.39 Å². The molecule has 1 aromatic rings. The molecule has 0 saturated carbocycles. The Morgan fingerprint density at radius 1 is 1.16 bits per heavy atom. The van der Waals surface area contributed by atoms with Gasteiger partial charge in [0, 0.05) is 45.7 Å². The quantitative estimate of drug-likeness (QED) is 0.629. The van der Waals surface area contributed by atoms with E-state index in [4.69, 9.17) is 5.11 Å². The first-order valence-electron chi connectivity index (χ1n) is 8.32. The van der Waals surface area contributed by atoms with Crippen LogP contribution in [0.25, 0.3) is 0 Å². The van der Waals surface area contributed by atoms with E-state index in [1.165, 1.54) is 18.2 Å². The largest absolute Gasteiger partial charge is 0.481 e. The van der Waals surface area contributed by atoms with Crippen LogP contribution in [0.4, 0.5) is 10.1 Å². The van der Waals surface area contributed by atoms with Gasteiger partial charge in [0.05, 0.1) is 18.2 Å². The van der Waals surface area contributed by atoms with E-state index in [0.717, 1.165) is 13.1 Å². The smallest absolute Gasteiger partial charge is 0.308 e. The van der Waals surface area contributed by atoms with E-state index in [-0.39, 0.29) is 25.3 Å². The number of carboxylic acid groups (broad SMARTS) is 1. The average Bonchev–Trinajstić information content (AvgIpc) is 2.58. The summed E-state index contributed by atoms with van der Waals surface area (Å²) in [7, 11) is 0. The fourth-order valence-electron chi connectivity index (χ4n) is 2.87. The van der Waals surface area contributed by atoms with Gasteiger partial charge in [-0.15, -0.1) is 0 Å². The number of nitrogens with one attached hydrogen (secondary N) is 1. The van der Waals surface area contributed by atoms with Crippen molar-refractivity contribution in [1.82, 2.24) is 9.80 Å². The standard InChI is InChI=1S/C17H24FN3O4/c18-14-3-1-2-4-15(14)19-16(23)11-13(17(24)25)12-21-7-5-20(6-8-21)9-10-22/h1-4,13,22H,5-12H2,(H,19,23)(H,24,25). The van der Waals surface area contributed by atoms with Crippen LogP contribution in [0.2, 0.25) is 0 Å².